The van der Waals surface area contributed by atoms with Crippen LogP contribution in [0.4, 0.5) is 0 Å². The number of ether oxygens (including phenoxy) is 3. The standard InChI is InChI=1S/C25H27NO4S2/c1-4-10-26-24(27)23(32-25(26)31)17-20-6-5-7-21(16-20)29-13-11-28-12-14-30-22-9-8-18(2)19(3)15-22/h4-9,15-17H,1,10-14H2,2-3H3/b23-17+. The molecule has 0 N–H and O–H groups in total. The topological polar surface area (TPSA) is 48.0 Å². The molecule has 0 radical (unpaired) electrons. The highest BCUT2D eigenvalue weighted by molar-refractivity contribution is 8.26. The quantitative estimate of drug-likeness (QED) is 0.196. The van der Waals surface area contributed by atoms with Crippen molar-refractivity contribution in [1.29, 1.82) is 0 Å². The molecule has 5 nitrogen and oxygen atoms in total. The normalized spacial score (nSPS) is 14.8. The number of rotatable bonds is 11. The molecule has 1 aliphatic rings. The fraction of sp³-hybridized carbons (Fsp3) is 0.280. The van der Waals surface area contributed by atoms with Gasteiger partial charge in [-0.1, -0.05) is 48.3 Å². The Bertz CT molecular complexity index is 1020. The first-order chi connectivity index (χ1) is 15.5. The predicted octanol–water partition coefficient (Wildman–Crippen LogP) is 5.17. The number of amides is 1. The van der Waals surface area contributed by atoms with Crippen LogP contribution in [0.5, 0.6) is 11.5 Å². The molecule has 32 heavy (non-hydrogen) atoms. The SMILES string of the molecule is C=CCN1C(=O)/C(=C\c2cccc(OCCOCCOc3ccc(C)c(C)c3)c2)SC1=S. The number of carbonyl (C=O) groups excluding carboxylic acids is 1. The first-order valence-electron chi connectivity index (χ1n) is 10.3. The number of nitrogens with zero attached hydrogens (tertiary/aromatic N) is 1. The molecule has 3 rings (SSSR count). The van der Waals surface area contributed by atoms with E-state index >= 15 is 0 Å². The largest absolute Gasteiger partial charge is 0.491 e. The summed E-state index contributed by atoms with van der Waals surface area (Å²) in [7, 11) is 0. The van der Waals surface area contributed by atoms with Gasteiger partial charge in [-0.2, -0.15) is 0 Å². The lowest BCUT2D eigenvalue weighted by Crippen LogP contribution is -2.27. The van der Waals surface area contributed by atoms with Gasteiger partial charge in [-0.25, -0.2) is 0 Å². The Kier molecular flexibility index (Phi) is 8.90. The number of aryl methyl sites for hydroxylation is 2. The van der Waals surface area contributed by atoms with Crippen LogP contribution in [0, 0.1) is 13.8 Å². The Labute approximate surface area is 199 Å². The molecule has 1 amide bonds. The van der Waals surface area contributed by atoms with Crippen molar-refractivity contribution in [3.05, 3.63) is 76.7 Å². The van der Waals surface area contributed by atoms with E-state index in [4.69, 9.17) is 26.4 Å². The summed E-state index contributed by atoms with van der Waals surface area (Å²) in [5.74, 6) is 1.48. The van der Waals surface area contributed by atoms with Crippen molar-refractivity contribution in [2.75, 3.05) is 33.0 Å². The molecule has 1 fully saturated rings. The Hall–Kier alpha value is -2.61. The van der Waals surface area contributed by atoms with Crippen molar-refractivity contribution in [2.45, 2.75) is 13.8 Å². The van der Waals surface area contributed by atoms with Gasteiger partial charge in [0.2, 0.25) is 0 Å². The van der Waals surface area contributed by atoms with Gasteiger partial charge in [0.15, 0.2) is 0 Å². The molecule has 2 aromatic rings. The Morgan fingerprint density at radius 2 is 1.72 bits per heavy atom. The third kappa shape index (κ3) is 6.69. The van der Waals surface area contributed by atoms with E-state index < -0.39 is 0 Å². The van der Waals surface area contributed by atoms with Crippen LogP contribution in [-0.4, -0.2) is 48.1 Å². The van der Waals surface area contributed by atoms with Crippen molar-refractivity contribution in [1.82, 2.24) is 4.90 Å². The highest BCUT2D eigenvalue weighted by Gasteiger charge is 2.30. The number of hydrogen-bond donors (Lipinski definition) is 0. The lowest BCUT2D eigenvalue weighted by atomic mass is 10.1. The highest BCUT2D eigenvalue weighted by atomic mass is 32.2. The zero-order chi connectivity index (χ0) is 22.9. The minimum absolute atomic E-state index is 0.0948. The fourth-order valence-electron chi connectivity index (χ4n) is 2.97. The Balaban J connectivity index is 1.40. The van der Waals surface area contributed by atoms with Crippen molar-refractivity contribution in [2.24, 2.45) is 0 Å². The Morgan fingerprint density at radius 3 is 2.41 bits per heavy atom. The maximum absolute atomic E-state index is 12.5. The molecule has 1 aliphatic heterocycles. The third-order valence-corrected chi connectivity index (χ3v) is 6.19. The van der Waals surface area contributed by atoms with Crippen molar-refractivity contribution in [3.8, 4) is 11.5 Å². The lowest BCUT2D eigenvalue weighted by Gasteiger charge is -2.10. The molecular weight excluding hydrogens is 442 g/mol. The van der Waals surface area contributed by atoms with Crippen molar-refractivity contribution >= 4 is 40.3 Å². The molecule has 0 spiro atoms. The predicted molar refractivity (Wildman–Crippen MR) is 134 cm³/mol. The van der Waals surface area contributed by atoms with Gasteiger partial charge in [-0.05, 0) is 60.9 Å². The maximum Gasteiger partial charge on any atom is 0.266 e. The second-order valence-corrected chi connectivity index (χ2v) is 8.88. The lowest BCUT2D eigenvalue weighted by molar-refractivity contribution is -0.121. The zero-order valence-corrected chi connectivity index (χ0v) is 20.0. The summed E-state index contributed by atoms with van der Waals surface area (Å²) >= 11 is 6.57. The minimum Gasteiger partial charge on any atom is -0.491 e. The molecule has 1 saturated heterocycles. The van der Waals surface area contributed by atoms with Crippen LogP contribution in [0.25, 0.3) is 6.08 Å². The highest BCUT2D eigenvalue weighted by Crippen LogP contribution is 2.32. The maximum atomic E-state index is 12.5. The van der Waals surface area contributed by atoms with Crippen LogP contribution in [0.2, 0.25) is 0 Å². The second-order valence-electron chi connectivity index (χ2n) is 7.21. The van der Waals surface area contributed by atoms with E-state index in [2.05, 4.69) is 26.5 Å². The van der Waals surface area contributed by atoms with Crippen LogP contribution in [-0.2, 0) is 9.53 Å². The van der Waals surface area contributed by atoms with Crippen molar-refractivity contribution < 1.29 is 19.0 Å². The summed E-state index contributed by atoms with van der Waals surface area (Å²) in [4.78, 5) is 14.6. The first-order valence-corrected chi connectivity index (χ1v) is 11.6. The van der Waals surface area contributed by atoms with E-state index in [0.717, 1.165) is 17.1 Å². The van der Waals surface area contributed by atoms with Crippen LogP contribution >= 0.6 is 24.0 Å². The van der Waals surface area contributed by atoms with Crippen LogP contribution in [0.1, 0.15) is 16.7 Å². The zero-order valence-electron chi connectivity index (χ0n) is 18.3. The van der Waals surface area contributed by atoms with Gasteiger partial charge in [0.05, 0.1) is 18.1 Å². The Morgan fingerprint density at radius 1 is 1.00 bits per heavy atom. The number of benzene rings is 2. The summed E-state index contributed by atoms with van der Waals surface area (Å²) < 4.78 is 17.6. The van der Waals surface area contributed by atoms with E-state index in [1.807, 2.05) is 42.5 Å². The average molecular weight is 470 g/mol. The number of thiocarbonyl (C=S) groups is 1. The molecule has 0 atom stereocenters. The molecule has 168 valence electrons. The molecule has 1 heterocycles. The van der Waals surface area contributed by atoms with Gasteiger partial charge < -0.3 is 14.2 Å². The molecule has 0 aliphatic carbocycles. The van der Waals surface area contributed by atoms with E-state index in [1.165, 1.54) is 22.9 Å². The molecule has 0 unspecified atom stereocenters. The van der Waals surface area contributed by atoms with Crippen LogP contribution in [0.3, 0.4) is 0 Å². The van der Waals surface area contributed by atoms with Gasteiger partial charge in [0.25, 0.3) is 5.91 Å². The molecule has 0 bridgehead atoms. The number of thioether (sulfide) groups is 1. The summed E-state index contributed by atoms with van der Waals surface area (Å²) in [6.07, 6.45) is 3.50. The molecule has 2 aromatic carbocycles. The van der Waals surface area contributed by atoms with E-state index in [-0.39, 0.29) is 5.91 Å². The number of hydrogen-bond acceptors (Lipinski definition) is 6. The third-order valence-electron chi connectivity index (χ3n) is 4.81. The summed E-state index contributed by atoms with van der Waals surface area (Å²) in [5.41, 5.74) is 3.34. The molecular formula is C25H27NO4S2. The van der Waals surface area contributed by atoms with Gasteiger partial charge in [0, 0.05) is 6.54 Å². The van der Waals surface area contributed by atoms with E-state index in [0.29, 0.717) is 42.2 Å². The van der Waals surface area contributed by atoms with Gasteiger partial charge in [-0.3, -0.25) is 9.69 Å². The summed E-state index contributed by atoms with van der Waals surface area (Å²) in [6.45, 7) is 10.1. The van der Waals surface area contributed by atoms with Crippen LogP contribution in [0.15, 0.2) is 60.0 Å². The summed E-state index contributed by atoms with van der Waals surface area (Å²) in [5, 5.41) is 0. The van der Waals surface area contributed by atoms with Gasteiger partial charge >= 0.3 is 0 Å². The number of carbonyl (C=O) groups is 1. The summed E-state index contributed by atoms with van der Waals surface area (Å²) in [6, 6.07) is 13.6. The monoisotopic (exact) mass is 469 g/mol. The minimum atomic E-state index is -0.0948. The van der Waals surface area contributed by atoms with E-state index in [1.54, 1.807) is 11.0 Å². The molecule has 0 aromatic heterocycles. The van der Waals surface area contributed by atoms with E-state index in [9.17, 15) is 4.79 Å². The smallest absolute Gasteiger partial charge is 0.266 e. The molecule has 0 saturated carbocycles. The van der Waals surface area contributed by atoms with Gasteiger partial charge in [0.1, 0.15) is 29.0 Å². The average Bonchev–Trinajstić information content (AvgIpc) is 3.03. The van der Waals surface area contributed by atoms with Gasteiger partial charge in [-0.15, -0.1) is 6.58 Å². The first kappa shape index (κ1) is 24.0. The van der Waals surface area contributed by atoms with Crippen LogP contribution < -0.4 is 9.47 Å². The molecule has 7 heteroatoms. The van der Waals surface area contributed by atoms with Crippen molar-refractivity contribution in [3.63, 3.8) is 0 Å². The second kappa shape index (κ2) is 11.9. The fourth-order valence-corrected chi connectivity index (χ4v) is 4.25.